The van der Waals surface area contributed by atoms with Crippen molar-refractivity contribution in [3.63, 3.8) is 0 Å². The van der Waals surface area contributed by atoms with Crippen molar-refractivity contribution in [2.75, 3.05) is 25.2 Å². The summed E-state index contributed by atoms with van der Waals surface area (Å²) in [6.07, 6.45) is 2.60. The molecule has 5 nitrogen and oxygen atoms in total. The second-order valence-corrected chi connectivity index (χ2v) is 4.52. The molecular weight excluding hydrogens is 248 g/mol. The average molecular weight is 268 g/mol. The highest BCUT2D eigenvalue weighted by atomic mass is 32.1. The molecule has 1 unspecified atom stereocenters. The van der Waals surface area contributed by atoms with Gasteiger partial charge in [0.2, 0.25) is 0 Å². The van der Waals surface area contributed by atoms with Crippen LogP contribution in [0.25, 0.3) is 0 Å². The van der Waals surface area contributed by atoms with Crippen molar-refractivity contribution in [2.45, 2.75) is 26.3 Å². The fourth-order valence-electron chi connectivity index (χ4n) is 1.67. The Balaban J connectivity index is 3.07. The molecule has 0 aliphatic heterocycles. The minimum Gasteiger partial charge on any atom is -0.389 e. The molecule has 1 aromatic rings. The molecule has 0 fully saturated rings. The SMILES string of the molecule is CCC(C)N(CCOC)c1nnccc1C(N)=S. The third-order valence-electron chi connectivity index (χ3n) is 2.90. The summed E-state index contributed by atoms with van der Waals surface area (Å²) in [4.78, 5) is 2.47. The Morgan fingerprint density at radius 1 is 1.61 bits per heavy atom. The summed E-state index contributed by atoms with van der Waals surface area (Å²) in [7, 11) is 1.68. The van der Waals surface area contributed by atoms with Gasteiger partial charge in [-0.2, -0.15) is 5.10 Å². The van der Waals surface area contributed by atoms with Gasteiger partial charge in [-0.05, 0) is 19.4 Å². The topological polar surface area (TPSA) is 64.3 Å². The molecule has 0 aromatic carbocycles. The van der Waals surface area contributed by atoms with Gasteiger partial charge in [0.25, 0.3) is 0 Å². The zero-order valence-electron chi connectivity index (χ0n) is 11.1. The van der Waals surface area contributed by atoms with Crippen molar-refractivity contribution in [3.05, 3.63) is 17.8 Å². The average Bonchev–Trinajstić information content (AvgIpc) is 2.39. The number of anilines is 1. The summed E-state index contributed by atoms with van der Waals surface area (Å²) in [5.74, 6) is 0.733. The van der Waals surface area contributed by atoms with Crippen LogP contribution in [0.15, 0.2) is 12.3 Å². The lowest BCUT2D eigenvalue weighted by Crippen LogP contribution is -2.37. The van der Waals surface area contributed by atoms with Crippen LogP contribution in [0.5, 0.6) is 0 Å². The molecule has 0 amide bonds. The molecule has 0 spiro atoms. The van der Waals surface area contributed by atoms with Crippen molar-refractivity contribution < 1.29 is 4.74 Å². The summed E-state index contributed by atoms with van der Waals surface area (Å²) in [6.45, 7) is 5.62. The molecule has 0 aliphatic carbocycles. The van der Waals surface area contributed by atoms with Crippen LogP contribution in [0.1, 0.15) is 25.8 Å². The monoisotopic (exact) mass is 268 g/mol. The fourth-order valence-corrected chi connectivity index (χ4v) is 1.83. The number of hydrogen-bond acceptors (Lipinski definition) is 5. The quantitative estimate of drug-likeness (QED) is 0.753. The predicted octanol–water partition coefficient (Wildman–Crippen LogP) is 1.36. The third-order valence-corrected chi connectivity index (χ3v) is 3.12. The molecule has 100 valence electrons. The van der Waals surface area contributed by atoms with E-state index < -0.39 is 0 Å². The largest absolute Gasteiger partial charge is 0.389 e. The van der Waals surface area contributed by atoms with E-state index in [0.717, 1.165) is 24.3 Å². The third kappa shape index (κ3) is 3.61. The number of ether oxygens (including phenoxy) is 1. The van der Waals surface area contributed by atoms with E-state index in [0.29, 0.717) is 17.6 Å². The van der Waals surface area contributed by atoms with Crippen molar-refractivity contribution in [2.24, 2.45) is 5.73 Å². The minimum absolute atomic E-state index is 0.324. The van der Waals surface area contributed by atoms with Gasteiger partial charge in [0.1, 0.15) is 4.99 Å². The lowest BCUT2D eigenvalue weighted by atomic mass is 10.2. The summed E-state index contributed by atoms with van der Waals surface area (Å²) in [6, 6.07) is 2.12. The zero-order valence-corrected chi connectivity index (χ0v) is 11.9. The molecule has 1 atom stereocenters. The molecule has 1 heterocycles. The van der Waals surface area contributed by atoms with Crippen LogP contribution >= 0.6 is 12.2 Å². The van der Waals surface area contributed by atoms with E-state index in [1.54, 1.807) is 19.4 Å². The van der Waals surface area contributed by atoms with Crippen LogP contribution in [0.2, 0.25) is 0 Å². The molecule has 6 heteroatoms. The Morgan fingerprint density at radius 2 is 2.33 bits per heavy atom. The van der Waals surface area contributed by atoms with Gasteiger partial charge in [-0.1, -0.05) is 19.1 Å². The highest BCUT2D eigenvalue weighted by Gasteiger charge is 2.19. The van der Waals surface area contributed by atoms with Gasteiger partial charge in [-0.25, -0.2) is 0 Å². The Hall–Kier alpha value is -1.27. The van der Waals surface area contributed by atoms with Gasteiger partial charge in [0.05, 0.1) is 18.4 Å². The molecule has 1 rings (SSSR count). The Bertz CT molecular complexity index is 399. The lowest BCUT2D eigenvalue weighted by Gasteiger charge is -2.30. The summed E-state index contributed by atoms with van der Waals surface area (Å²) < 4.78 is 5.13. The first-order chi connectivity index (χ1) is 8.61. The van der Waals surface area contributed by atoms with Crippen LogP contribution in [0.4, 0.5) is 5.82 Å². The number of hydrogen-bond donors (Lipinski definition) is 1. The van der Waals surface area contributed by atoms with E-state index in [-0.39, 0.29) is 0 Å². The molecule has 0 aliphatic rings. The highest BCUT2D eigenvalue weighted by molar-refractivity contribution is 7.80. The number of rotatable bonds is 7. The van der Waals surface area contributed by atoms with Gasteiger partial charge < -0.3 is 15.4 Å². The maximum absolute atomic E-state index is 5.73. The second kappa shape index (κ2) is 7.23. The van der Waals surface area contributed by atoms with E-state index in [4.69, 9.17) is 22.7 Å². The number of nitrogens with zero attached hydrogens (tertiary/aromatic N) is 3. The molecule has 1 aromatic heterocycles. The zero-order chi connectivity index (χ0) is 13.5. The maximum atomic E-state index is 5.73. The molecule has 0 radical (unpaired) electrons. The van der Waals surface area contributed by atoms with Crippen LogP contribution < -0.4 is 10.6 Å². The summed E-state index contributed by atoms with van der Waals surface area (Å²) in [5, 5.41) is 8.10. The predicted molar refractivity (Wildman–Crippen MR) is 76.9 cm³/mol. The van der Waals surface area contributed by atoms with Gasteiger partial charge in [-0.15, -0.1) is 5.10 Å². The smallest absolute Gasteiger partial charge is 0.161 e. The normalized spacial score (nSPS) is 12.2. The first-order valence-electron chi connectivity index (χ1n) is 5.98. The molecular formula is C12H20N4OS. The molecule has 2 N–H and O–H groups in total. The number of methoxy groups -OCH3 is 1. The van der Waals surface area contributed by atoms with E-state index in [2.05, 4.69) is 28.9 Å². The van der Waals surface area contributed by atoms with Crippen molar-refractivity contribution in [1.82, 2.24) is 10.2 Å². The Kier molecular flexibility index (Phi) is 5.94. The molecule has 0 saturated heterocycles. The number of thiocarbonyl (C=S) groups is 1. The Morgan fingerprint density at radius 3 is 2.89 bits per heavy atom. The molecule has 18 heavy (non-hydrogen) atoms. The van der Waals surface area contributed by atoms with Crippen LogP contribution in [-0.4, -0.2) is 41.5 Å². The fraction of sp³-hybridized carbons (Fsp3) is 0.583. The first kappa shape index (κ1) is 14.8. The second-order valence-electron chi connectivity index (χ2n) is 4.08. The number of nitrogens with two attached hydrogens (primary N) is 1. The van der Waals surface area contributed by atoms with E-state index in [1.165, 1.54) is 0 Å². The van der Waals surface area contributed by atoms with E-state index in [9.17, 15) is 0 Å². The van der Waals surface area contributed by atoms with Crippen LogP contribution in [-0.2, 0) is 4.74 Å². The van der Waals surface area contributed by atoms with E-state index >= 15 is 0 Å². The summed E-state index contributed by atoms with van der Waals surface area (Å²) in [5.41, 5.74) is 6.49. The lowest BCUT2D eigenvalue weighted by molar-refractivity contribution is 0.203. The van der Waals surface area contributed by atoms with E-state index in [1.807, 2.05) is 0 Å². The van der Waals surface area contributed by atoms with Crippen LogP contribution in [0.3, 0.4) is 0 Å². The van der Waals surface area contributed by atoms with Gasteiger partial charge in [-0.3, -0.25) is 0 Å². The highest BCUT2D eigenvalue weighted by Crippen LogP contribution is 2.19. The van der Waals surface area contributed by atoms with Crippen molar-refractivity contribution in [3.8, 4) is 0 Å². The minimum atomic E-state index is 0.324. The first-order valence-corrected chi connectivity index (χ1v) is 6.39. The van der Waals surface area contributed by atoms with Crippen LogP contribution in [0, 0.1) is 0 Å². The number of aromatic nitrogens is 2. The van der Waals surface area contributed by atoms with Crippen molar-refractivity contribution >= 4 is 23.0 Å². The Labute approximate surface area is 113 Å². The van der Waals surface area contributed by atoms with Gasteiger partial charge in [0.15, 0.2) is 5.82 Å². The standard InChI is InChI=1S/C12H20N4OS/c1-4-9(2)16(7-8-17-3)12-10(11(13)18)5-6-14-15-12/h5-6,9H,4,7-8H2,1-3H3,(H2,13,18). The molecule has 0 bridgehead atoms. The summed E-state index contributed by atoms with van der Waals surface area (Å²) >= 11 is 5.06. The van der Waals surface area contributed by atoms with Crippen molar-refractivity contribution in [1.29, 1.82) is 0 Å². The van der Waals surface area contributed by atoms with Gasteiger partial charge in [0, 0.05) is 19.7 Å². The molecule has 0 saturated carbocycles. The maximum Gasteiger partial charge on any atom is 0.161 e. The van der Waals surface area contributed by atoms with Gasteiger partial charge >= 0.3 is 0 Å².